The Morgan fingerprint density at radius 1 is 1.03 bits per heavy atom. The number of thioether (sulfide) groups is 1. The third-order valence-electron chi connectivity index (χ3n) is 5.79. The first-order chi connectivity index (χ1) is 14.2. The molecule has 1 aliphatic heterocycles. The zero-order valence-corrected chi connectivity index (χ0v) is 19.0. The summed E-state index contributed by atoms with van der Waals surface area (Å²) in [5.41, 5.74) is 1.52. The standard InChI is InChI=1S/C22H25ClN4S2/c1-26-10-3-11-27(13-12-26)21-20-17-4-2-5-18(17)29-22(20)25-19(24-21)14-28-16-8-6-15(23)7-9-16/h6-9H,2-5,10-14H2,1H3. The van der Waals surface area contributed by atoms with Crippen LogP contribution in [0, 0.1) is 0 Å². The number of rotatable bonds is 4. The number of hydrogen-bond acceptors (Lipinski definition) is 6. The van der Waals surface area contributed by atoms with Crippen molar-refractivity contribution in [2.45, 2.75) is 36.3 Å². The summed E-state index contributed by atoms with van der Waals surface area (Å²) in [7, 11) is 2.22. The second-order valence-electron chi connectivity index (χ2n) is 7.89. The first kappa shape index (κ1) is 19.6. The summed E-state index contributed by atoms with van der Waals surface area (Å²) in [4.78, 5) is 19.0. The molecule has 0 saturated carbocycles. The number of aromatic nitrogens is 2. The van der Waals surface area contributed by atoms with Crippen molar-refractivity contribution in [3.8, 4) is 0 Å². The summed E-state index contributed by atoms with van der Waals surface area (Å²) in [6.07, 6.45) is 4.84. The summed E-state index contributed by atoms with van der Waals surface area (Å²) in [5.74, 6) is 2.89. The Kier molecular flexibility index (Phi) is 5.69. The van der Waals surface area contributed by atoms with Crippen molar-refractivity contribution in [2.75, 3.05) is 38.1 Å². The molecule has 0 radical (unpaired) electrons. The van der Waals surface area contributed by atoms with Crippen molar-refractivity contribution in [1.29, 1.82) is 0 Å². The number of thiophene rings is 1. The minimum absolute atomic E-state index is 0.772. The lowest BCUT2D eigenvalue weighted by molar-refractivity contribution is 0.360. The largest absolute Gasteiger partial charge is 0.355 e. The van der Waals surface area contributed by atoms with Crippen LogP contribution in [0.2, 0.25) is 5.02 Å². The van der Waals surface area contributed by atoms with Crippen LogP contribution in [0.4, 0.5) is 5.82 Å². The van der Waals surface area contributed by atoms with Crippen LogP contribution in [0.15, 0.2) is 29.2 Å². The predicted octanol–water partition coefficient (Wildman–Crippen LogP) is 5.27. The molecule has 152 valence electrons. The van der Waals surface area contributed by atoms with E-state index in [1.165, 1.54) is 57.1 Å². The molecule has 1 aliphatic carbocycles. The Bertz CT molecular complexity index is 1020. The highest BCUT2D eigenvalue weighted by Crippen LogP contribution is 2.41. The Hall–Kier alpha value is -1.34. The Labute approximate surface area is 185 Å². The number of aryl methyl sites for hydroxylation is 2. The molecule has 2 aliphatic rings. The molecule has 29 heavy (non-hydrogen) atoms. The maximum atomic E-state index is 6.02. The van der Waals surface area contributed by atoms with Crippen LogP contribution in [0.25, 0.3) is 10.2 Å². The average Bonchev–Trinajstić information content (AvgIpc) is 3.23. The molecule has 0 N–H and O–H groups in total. The van der Waals surface area contributed by atoms with Gasteiger partial charge in [-0.1, -0.05) is 11.6 Å². The molecule has 0 atom stereocenters. The first-order valence-corrected chi connectivity index (χ1v) is 12.5. The molecule has 2 aromatic heterocycles. The fourth-order valence-electron chi connectivity index (χ4n) is 4.25. The van der Waals surface area contributed by atoms with Crippen LogP contribution >= 0.6 is 34.7 Å². The molecule has 0 unspecified atom stereocenters. The monoisotopic (exact) mass is 444 g/mol. The molecule has 3 aromatic rings. The maximum absolute atomic E-state index is 6.02. The number of anilines is 1. The molecule has 0 amide bonds. The molecule has 4 nitrogen and oxygen atoms in total. The van der Waals surface area contributed by atoms with E-state index in [9.17, 15) is 0 Å². The third kappa shape index (κ3) is 4.13. The van der Waals surface area contributed by atoms with E-state index in [0.717, 1.165) is 42.8 Å². The van der Waals surface area contributed by atoms with Gasteiger partial charge in [0.25, 0.3) is 0 Å². The van der Waals surface area contributed by atoms with Gasteiger partial charge in [0.1, 0.15) is 16.5 Å². The molecule has 1 fully saturated rings. The maximum Gasteiger partial charge on any atom is 0.142 e. The summed E-state index contributed by atoms with van der Waals surface area (Å²) in [6, 6.07) is 8.02. The van der Waals surface area contributed by atoms with Crippen LogP contribution in [0.3, 0.4) is 0 Å². The SMILES string of the molecule is CN1CCCN(c2nc(CSc3ccc(Cl)cc3)nc3sc4c(c23)CCC4)CC1. The molecule has 0 spiro atoms. The summed E-state index contributed by atoms with van der Waals surface area (Å²) < 4.78 is 0. The minimum Gasteiger partial charge on any atom is -0.355 e. The topological polar surface area (TPSA) is 32.3 Å². The van der Waals surface area contributed by atoms with Gasteiger partial charge >= 0.3 is 0 Å². The van der Waals surface area contributed by atoms with E-state index in [1.54, 1.807) is 11.8 Å². The van der Waals surface area contributed by atoms with Crippen molar-refractivity contribution in [2.24, 2.45) is 0 Å². The number of hydrogen-bond donors (Lipinski definition) is 0. The lowest BCUT2D eigenvalue weighted by atomic mass is 10.1. The Morgan fingerprint density at radius 3 is 2.76 bits per heavy atom. The first-order valence-electron chi connectivity index (χ1n) is 10.3. The van der Waals surface area contributed by atoms with E-state index in [0.29, 0.717) is 0 Å². The lowest BCUT2D eigenvalue weighted by Gasteiger charge is -2.23. The normalized spacial score (nSPS) is 17.7. The number of halogens is 1. The molecule has 1 saturated heterocycles. The second-order valence-corrected chi connectivity index (χ2v) is 10.5. The molecular formula is C22H25ClN4S2. The van der Waals surface area contributed by atoms with Gasteiger partial charge in [0.05, 0.1) is 11.1 Å². The number of fused-ring (bicyclic) bond motifs is 3. The lowest BCUT2D eigenvalue weighted by Crippen LogP contribution is -2.30. The number of benzene rings is 1. The van der Waals surface area contributed by atoms with E-state index in [1.807, 2.05) is 23.5 Å². The highest BCUT2D eigenvalue weighted by atomic mass is 35.5. The van der Waals surface area contributed by atoms with Crippen LogP contribution in [-0.4, -0.2) is 48.1 Å². The van der Waals surface area contributed by atoms with E-state index in [2.05, 4.69) is 29.0 Å². The Morgan fingerprint density at radius 2 is 1.90 bits per heavy atom. The fraction of sp³-hybridized carbons (Fsp3) is 0.455. The Balaban J connectivity index is 1.49. The number of likely N-dealkylation sites (N-methyl/N-ethyl adjacent to an activating group) is 1. The van der Waals surface area contributed by atoms with Crippen molar-refractivity contribution >= 4 is 50.7 Å². The van der Waals surface area contributed by atoms with Crippen LogP contribution < -0.4 is 4.90 Å². The van der Waals surface area contributed by atoms with Crippen LogP contribution in [0.5, 0.6) is 0 Å². The minimum atomic E-state index is 0.772. The van der Waals surface area contributed by atoms with Gasteiger partial charge in [0, 0.05) is 34.4 Å². The zero-order chi connectivity index (χ0) is 19.8. The van der Waals surface area contributed by atoms with Gasteiger partial charge in [0.15, 0.2) is 0 Å². The van der Waals surface area contributed by atoms with Gasteiger partial charge in [-0.05, 0) is 69.1 Å². The van der Waals surface area contributed by atoms with Crippen LogP contribution in [-0.2, 0) is 18.6 Å². The third-order valence-corrected chi connectivity index (χ3v) is 8.24. The van der Waals surface area contributed by atoms with Gasteiger partial charge in [-0.15, -0.1) is 23.1 Å². The van der Waals surface area contributed by atoms with Crippen molar-refractivity contribution in [3.05, 3.63) is 45.6 Å². The summed E-state index contributed by atoms with van der Waals surface area (Å²) in [6.45, 7) is 4.36. The molecule has 5 rings (SSSR count). The molecule has 7 heteroatoms. The quantitative estimate of drug-likeness (QED) is 0.512. The number of nitrogens with zero attached hydrogens (tertiary/aromatic N) is 4. The summed E-state index contributed by atoms with van der Waals surface area (Å²) >= 11 is 9.69. The smallest absolute Gasteiger partial charge is 0.142 e. The van der Waals surface area contributed by atoms with Gasteiger partial charge in [-0.2, -0.15) is 0 Å². The van der Waals surface area contributed by atoms with Crippen molar-refractivity contribution in [3.63, 3.8) is 0 Å². The predicted molar refractivity (Wildman–Crippen MR) is 125 cm³/mol. The highest BCUT2D eigenvalue weighted by Gasteiger charge is 2.25. The highest BCUT2D eigenvalue weighted by molar-refractivity contribution is 7.98. The molecule has 0 bridgehead atoms. The van der Waals surface area contributed by atoms with Crippen LogP contribution in [0.1, 0.15) is 29.1 Å². The molecule has 3 heterocycles. The van der Waals surface area contributed by atoms with Crippen molar-refractivity contribution < 1.29 is 0 Å². The van der Waals surface area contributed by atoms with Gasteiger partial charge in [-0.3, -0.25) is 0 Å². The van der Waals surface area contributed by atoms with Gasteiger partial charge < -0.3 is 9.80 Å². The fourth-order valence-corrected chi connectivity index (χ4v) is 6.40. The molecule has 1 aromatic carbocycles. The van der Waals surface area contributed by atoms with Crippen molar-refractivity contribution in [1.82, 2.24) is 14.9 Å². The van der Waals surface area contributed by atoms with E-state index < -0.39 is 0 Å². The average molecular weight is 445 g/mol. The second kappa shape index (κ2) is 8.42. The summed E-state index contributed by atoms with van der Waals surface area (Å²) in [5, 5.41) is 2.11. The zero-order valence-electron chi connectivity index (χ0n) is 16.7. The van der Waals surface area contributed by atoms with Gasteiger partial charge in [-0.25, -0.2) is 9.97 Å². The van der Waals surface area contributed by atoms with E-state index in [-0.39, 0.29) is 0 Å². The van der Waals surface area contributed by atoms with E-state index >= 15 is 0 Å². The van der Waals surface area contributed by atoms with Gasteiger partial charge in [0.2, 0.25) is 0 Å². The molecular weight excluding hydrogens is 420 g/mol. The van der Waals surface area contributed by atoms with E-state index in [4.69, 9.17) is 21.6 Å².